The number of aromatic nitrogens is 6. The highest BCUT2D eigenvalue weighted by atomic mass is 32.1. The highest BCUT2D eigenvalue weighted by molar-refractivity contribution is 7.15. The number of benzene rings is 1. The number of fused-ring (bicyclic) bond motifs is 1. The van der Waals surface area contributed by atoms with Crippen molar-refractivity contribution in [3.8, 4) is 0 Å². The molecule has 0 aliphatic heterocycles. The third-order valence-corrected chi connectivity index (χ3v) is 5.04. The van der Waals surface area contributed by atoms with E-state index < -0.39 is 11.9 Å². The van der Waals surface area contributed by atoms with Crippen molar-refractivity contribution in [1.82, 2.24) is 29.6 Å². The van der Waals surface area contributed by atoms with E-state index in [1.807, 2.05) is 12.3 Å². The molecule has 0 atom stereocenters. The predicted octanol–water partition coefficient (Wildman–Crippen LogP) is 1.05. The molecule has 1 N–H and O–H groups in total. The monoisotopic (exact) mass is 425 g/mol. The van der Waals surface area contributed by atoms with Gasteiger partial charge in [0.2, 0.25) is 5.91 Å². The van der Waals surface area contributed by atoms with Gasteiger partial charge in [0.05, 0.1) is 16.9 Å². The van der Waals surface area contributed by atoms with Crippen molar-refractivity contribution in [3.63, 3.8) is 0 Å². The fourth-order valence-corrected chi connectivity index (χ4v) is 3.64. The highest BCUT2D eigenvalue weighted by Crippen LogP contribution is 2.17. The quantitative estimate of drug-likeness (QED) is 0.453. The van der Waals surface area contributed by atoms with Crippen LogP contribution in [0.2, 0.25) is 0 Å². The molecule has 30 heavy (non-hydrogen) atoms. The molecule has 0 saturated heterocycles. The van der Waals surface area contributed by atoms with Gasteiger partial charge in [-0.15, -0.1) is 16.4 Å². The fraction of sp³-hybridized carbons (Fsp3) is 0.167. The molecule has 1 amide bonds. The number of hydrogen-bond acceptors (Lipinski definition) is 9. The van der Waals surface area contributed by atoms with Crippen LogP contribution in [-0.4, -0.2) is 41.5 Å². The molecule has 11 nitrogen and oxygen atoms in total. The number of hydrogen-bond donors (Lipinski definition) is 1. The summed E-state index contributed by atoms with van der Waals surface area (Å²) in [6, 6.07) is 7.78. The standard InChI is InChI=1S/C18H15N7O4S/c1-11-9-30-18-20-12(6-16(27)25(11)18)8-29-17(28)13-4-2-3-5-14(13)21-15(26)7-24-10-19-22-23-24/h2-6,9-10H,7-8H2,1H3,(H,21,26). The van der Waals surface area contributed by atoms with Gasteiger partial charge in [-0.25, -0.2) is 14.5 Å². The minimum Gasteiger partial charge on any atom is -0.456 e. The van der Waals surface area contributed by atoms with Crippen LogP contribution in [0.5, 0.6) is 0 Å². The largest absolute Gasteiger partial charge is 0.456 e. The van der Waals surface area contributed by atoms with Crippen LogP contribution >= 0.6 is 11.3 Å². The second kappa shape index (κ2) is 8.21. The number of ether oxygens (including phenoxy) is 1. The van der Waals surface area contributed by atoms with Crippen LogP contribution in [0.3, 0.4) is 0 Å². The van der Waals surface area contributed by atoms with E-state index in [9.17, 15) is 14.4 Å². The zero-order valence-electron chi connectivity index (χ0n) is 15.7. The van der Waals surface area contributed by atoms with Gasteiger partial charge in [-0.1, -0.05) is 12.1 Å². The second-order valence-corrected chi connectivity index (χ2v) is 7.09. The van der Waals surface area contributed by atoms with Gasteiger partial charge in [0.25, 0.3) is 5.56 Å². The van der Waals surface area contributed by atoms with Gasteiger partial charge in [0, 0.05) is 17.1 Å². The molecule has 0 aliphatic rings. The first-order valence-corrected chi connectivity index (χ1v) is 9.63. The number of nitrogens with zero attached hydrogens (tertiary/aromatic N) is 6. The number of carbonyl (C=O) groups is 2. The Labute approximate surface area is 172 Å². The Kier molecular flexibility index (Phi) is 5.30. The molecular formula is C18H15N7O4S. The van der Waals surface area contributed by atoms with Gasteiger partial charge < -0.3 is 10.1 Å². The van der Waals surface area contributed by atoms with Crippen LogP contribution in [0.1, 0.15) is 21.7 Å². The summed E-state index contributed by atoms with van der Waals surface area (Å²) in [5.74, 6) is -1.06. The minimum atomic E-state index is -0.655. The lowest BCUT2D eigenvalue weighted by atomic mass is 10.2. The van der Waals surface area contributed by atoms with Gasteiger partial charge >= 0.3 is 5.97 Å². The number of anilines is 1. The summed E-state index contributed by atoms with van der Waals surface area (Å²) in [4.78, 5) is 41.8. The normalized spacial score (nSPS) is 10.8. The van der Waals surface area contributed by atoms with Gasteiger partial charge in [-0.2, -0.15) is 0 Å². The van der Waals surface area contributed by atoms with Crippen LogP contribution in [-0.2, 0) is 22.7 Å². The van der Waals surface area contributed by atoms with Gasteiger partial charge in [0.15, 0.2) is 4.96 Å². The molecular weight excluding hydrogens is 410 g/mol. The lowest BCUT2D eigenvalue weighted by molar-refractivity contribution is -0.116. The molecule has 0 bridgehead atoms. The van der Waals surface area contributed by atoms with E-state index in [1.165, 1.54) is 38.9 Å². The number of nitrogens with one attached hydrogen (secondary N) is 1. The van der Waals surface area contributed by atoms with Crippen molar-refractivity contribution < 1.29 is 14.3 Å². The Bertz CT molecular complexity index is 1280. The van der Waals surface area contributed by atoms with E-state index in [4.69, 9.17) is 4.74 Å². The summed E-state index contributed by atoms with van der Waals surface area (Å²) in [5.41, 5.74) is 1.36. The summed E-state index contributed by atoms with van der Waals surface area (Å²) in [6.07, 6.45) is 1.31. The van der Waals surface area contributed by atoms with Crippen molar-refractivity contribution in [2.75, 3.05) is 5.32 Å². The Morgan fingerprint density at radius 1 is 1.27 bits per heavy atom. The molecule has 4 rings (SSSR count). The van der Waals surface area contributed by atoms with Crippen molar-refractivity contribution in [2.45, 2.75) is 20.1 Å². The molecule has 3 heterocycles. The summed E-state index contributed by atoms with van der Waals surface area (Å²) >= 11 is 1.33. The lowest BCUT2D eigenvalue weighted by Gasteiger charge is -2.11. The first-order chi connectivity index (χ1) is 14.5. The molecule has 3 aromatic heterocycles. The zero-order valence-corrected chi connectivity index (χ0v) is 16.5. The van der Waals surface area contributed by atoms with E-state index in [2.05, 4.69) is 25.8 Å². The summed E-state index contributed by atoms with van der Waals surface area (Å²) in [7, 11) is 0. The third-order valence-electron chi connectivity index (χ3n) is 4.10. The lowest BCUT2D eigenvalue weighted by Crippen LogP contribution is -2.21. The van der Waals surface area contributed by atoms with Crippen LogP contribution in [0.15, 0.2) is 46.8 Å². The van der Waals surface area contributed by atoms with E-state index in [0.717, 1.165) is 5.69 Å². The molecule has 1 aromatic carbocycles. The molecule has 0 fully saturated rings. The van der Waals surface area contributed by atoms with E-state index >= 15 is 0 Å². The Hall–Kier alpha value is -3.93. The summed E-state index contributed by atoms with van der Waals surface area (Å²) in [6.45, 7) is 1.54. The van der Waals surface area contributed by atoms with Gasteiger partial charge in [-0.3, -0.25) is 14.0 Å². The molecule has 12 heteroatoms. The molecule has 0 saturated carbocycles. The Balaban J connectivity index is 1.46. The maximum Gasteiger partial charge on any atom is 0.340 e. The van der Waals surface area contributed by atoms with Crippen molar-refractivity contribution in [1.29, 1.82) is 0 Å². The Morgan fingerprint density at radius 2 is 2.10 bits per heavy atom. The van der Waals surface area contributed by atoms with Crippen LogP contribution in [0.4, 0.5) is 5.69 Å². The van der Waals surface area contributed by atoms with Crippen LogP contribution in [0.25, 0.3) is 4.96 Å². The first kappa shape index (κ1) is 19.4. The van der Waals surface area contributed by atoms with Crippen molar-refractivity contribution in [2.24, 2.45) is 0 Å². The minimum absolute atomic E-state index is 0.107. The van der Waals surface area contributed by atoms with Crippen molar-refractivity contribution >= 4 is 33.9 Å². The molecule has 4 aromatic rings. The van der Waals surface area contributed by atoms with Gasteiger partial charge in [0.1, 0.15) is 19.5 Å². The molecule has 0 radical (unpaired) electrons. The fourth-order valence-electron chi connectivity index (χ4n) is 2.75. The number of para-hydroxylation sites is 1. The number of rotatable bonds is 6. The average Bonchev–Trinajstić information content (AvgIpc) is 3.36. The van der Waals surface area contributed by atoms with E-state index in [1.54, 1.807) is 18.2 Å². The predicted molar refractivity (Wildman–Crippen MR) is 106 cm³/mol. The van der Waals surface area contributed by atoms with E-state index in [0.29, 0.717) is 10.7 Å². The molecule has 0 unspecified atom stereocenters. The number of amides is 1. The molecule has 152 valence electrons. The maximum absolute atomic E-state index is 12.6. The topological polar surface area (TPSA) is 133 Å². The average molecular weight is 425 g/mol. The third kappa shape index (κ3) is 4.07. The number of aryl methyl sites for hydroxylation is 1. The SMILES string of the molecule is Cc1csc2nc(COC(=O)c3ccccc3NC(=O)Cn3cnnn3)cc(=O)n12. The summed E-state index contributed by atoms with van der Waals surface area (Å²) < 4.78 is 8.06. The molecule has 0 aliphatic carbocycles. The van der Waals surface area contributed by atoms with E-state index in [-0.39, 0.29) is 30.0 Å². The smallest absolute Gasteiger partial charge is 0.340 e. The number of thiazole rings is 1. The number of carbonyl (C=O) groups excluding carboxylic acids is 2. The number of esters is 1. The first-order valence-electron chi connectivity index (χ1n) is 8.75. The maximum atomic E-state index is 12.6. The van der Waals surface area contributed by atoms with Crippen molar-refractivity contribution in [3.05, 3.63) is 69.3 Å². The van der Waals surface area contributed by atoms with Crippen LogP contribution < -0.4 is 10.9 Å². The number of tetrazole rings is 1. The Morgan fingerprint density at radius 3 is 2.90 bits per heavy atom. The highest BCUT2D eigenvalue weighted by Gasteiger charge is 2.16. The second-order valence-electron chi connectivity index (χ2n) is 6.26. The summed E-state index contributed by atoms with van der Waals surface area (Å²) in [5, 5.41) is 15.0. The zero-order chi connectivity index (χ0) is 21.1. The van der Waals surface area contributed by atoms with Gasteiger partial charge in [-0.05, 0) is 29.5 Å². The molecule has 0 spiro atoms. The van der Waals surface area contributed by atoms with Crippen LogP contribution in [0, 0.1) is 6.92 Å².